The smallest absolute Gasteiger partial charge is 0.240 e. The zero-order chi connectivity index (χ0) is 25.8. The minimum Gasteiger partial charge on any atom is -0.387 e. The molecule has 0 saturated carbocycles. The Balaban J connectivity index is 1.43. The van der Waals surface area contributed by atoms with Crippen molar-refractivity contribution in [3.8, 4) is 0 Å². The molecule has 2 amide bonds. The summed E-state index contributed by atoms with van der Waals surface area (Å²) in [5, 5.41) is 17.0. The molecule has 1 saturated heterocycles. The Bertz CT molecular complexity index is 1070. The molecule has 1 aromatic heterocycles. The molecule has 1 aliphatic carbocycles. The number of nitrogens with zero attached hydrogens (tertiary/aromatic N) is 4. The Hall–Kier alpha value is -2.75. The Morgan fingerprint density at radius 1 is 1.14 bits per heavy atom. The average molecular weight is 515 g/mol. The van der Waals surface area contributed by atoms with Crippen LogP contribution in [0, 0.1) is 0 Å². The summed E-state index contributed by atoms with van der Waals surface area (Å²) in [7, 11) is 0. The molecule has 2 heterocycles. The first-order chi connectivity index (χ1) is 17.2. The highest BCUT2D eigenvalue weighted by atomic mass is 35.5. The monoisotopic (exact) mass is 514 g/mol. The molecular formula is C26H35ClN6O3. The Kier molecular flexibility index (Phi) is 8.43. The molecule has 9 nitrogen and oxygen atoms in total. The van der Waals surface area contributed by atoms with Gasteiger partial charge in [-0.15, -0.1) is 0 Å². The van der Waals surface area contributed by atoms with Gasteiger partial charge >= 0.3 is 0 Å². The topological polar surface area (TPSA) is 111 Å². The van der Waals surface area contributed by atoms with Gasteiger partial charge in [0.1, 0.15) is 12.1 Å². The summed E-state index contributed by atoms with van der Waals surface area (Å²) in [5.41, 5.74) is 2.71. The van der Waals surface area contributed by atoms with Crippen LogP contribution in [0.1, 0.15) is 56.0 Å². The lowest BCUT2D eigenvalue weighted by Crippen LogP contribution is -2.56. The van der Waals surface area contributed by atoms with E-state index in [1.807, 2.05) is 30.9 Å². The fraction of sp³-hybridized carbons (Fsp3) is 0.538. The zero-order valence-electron chi connectivity index (χ0n) is 21.1. The van der Waals surface area contributed by atoms with E-state index in [-0.39, 0.29) is 30.3 Å². The van der Waals surface area contributed by atoms with Gasteiger partial charge in [0.15, 0.2) is 0 Å². The van der Waals surface area contributed by atoms with Crippen LogP contribution < -0.4 is 15.5 Å². The fourth-order valence-corrected chi connectivity index (χ4v) is 5.13. The largest absolute Gasteiger partial charge is 0.387 e. The lowest BCUT2D eigenvalue weighted by atomic mass is 10.0. The quantitative estimate of drug-likeness (QED) is 0.494. The van der Waals surface area contributed by atoms with Gasteiger partial charge in [-0.25, -0.2) is 9.97 Å². The molecule has 0 radical (unpaired) electrons. The van der Waals surface area contributed by atoms with E-state index in [0.29, 0.717) is 44.0 Å². The molecule has 4 rings (SSSR count). The van der Waals surface area contributed by atoms with Crippen LogP contribution >= 0.6 is 11.6 Å². The number of nitrogens with one attached hydrogen (secondary N) is 2. The first-order valence-corrected chi connectivity index (χ1v) is 12.9. The van der Waals surface area contributed by atoms with Crippen LogP contribution in [0.2, 0.25) is 5.02 Å². The van der Waals surface area contributed by atoms with Gasteiger partial charge in [-0.2, -0.15) is 0 Å². The van der Waals surface area contributed by atoms with Crippen molar-refractivity contribution in [3.05, 3.63) is 52.4 Å². The predicted molar refractivity (Wildman–Crippen MR) is 139 cm³/mol. The van der Waals surface area contributed by atoms with E-state index in [9.17, 15) is 14.7 Å². The van der Waals surface area contributed by atoms with Gasteiger partial charge in [0, 0.05) is 42.8 Å². The van der Waals surface area contributed by atoms with Crippen molar-refractivity contribution in [1.29, 1.82) is 0 Å². The average Bonchev–Trinajstić information content (AvgIpc) is 3.15. The molecule has 2 aromatic rings. The predicted octanol–water partition coefficient (Wildman–Crippen LogP) is 2.04. The van der Waals surface area contributed by atoms with Crippen molar-refractivity contribution in [2.24, 2.45) is 0 Å². The van der Waals surface area contributed by atoms with E-state index in [1.54, 1.807) is 12.1 Å². The van der Waals surface area contributed by atoms with Crippen molar-refractivity contribution in [2.75, 3.05) is 37.6 Å². The normalized spacial score (nSPS) is 20.4. The van der Waals surface area contributed by atoms with Crippen molar-refractivity contribution < 1.29 is 14.7 Å². The summed E-state index contributed by atoms with van der Waals surface area (Å²) >= 11 is 6.03. The van der Waals surface area contributed by atoms with Crippen LogP contribution in [0.25, 0.3) is 0 Å². The first-order valence-electron chi connectivity index (χ1n) is 12.6. The molecule has 3 N–H and O–H groups in total. The van der Waals surface area contributed by atoms with Crippen LogP contribution in [-0.2, 0) is 16.0 Å². The molecule has 10 heteroatoms. The number of carbonyl (C=O) groups is 2. The van der Waals surface area contributed by atoms with E-state index in [1.165, 1.54) is 6.33 Å². The number of rotatable bonds is 8. The molecule has 1 fully saturated rings. The Labute approximate surface area is 217 Å². The number of carbonyl (C=O) groups excluding carboxylic acids is 2. The number of benzene rings is 1. The number of aromatic nitrogens is 2. The van der Waals surface area contributed by atoms with Crippen LogP contribution in [0.3, 0.4) is 0 Å². The number of hydrogen-bond donors (Lipinski definition) is 3. The SMILES string of the molecule is CC(C)NC(=O)CNC(Cc1ccc(Cl)cc1)C(=O)N1CCN(c2ncnc3c2[C@H](C)C[C@H]3O)CC1. The van der Waals surface area contributed by atoms with Crippen molar-refractivity contribution >= 4 is 29.2 Å². The maximum Gasteiger partial charge on any atom is 0.240 e. The van der Waals surface area contributed by atoms with Crippen LogP contribution in [0.15, 0.2) is 30.6 Å². The number of aliphatic hydroxyl groups excluding tert-OH is 1. The summed E-state index contributed by atoms with van der Waals surface area (Å²) in [4.78, 5) is 38.7. The maximum absolute atomic E-state index is 13.6. The molecule has 1 aliphatic heterocycles. The molecule has 0 bridgehead atoms. The van der Waals surface area contributed by atoms with Crippen molar-refractivity contribution in [2.45, 2.75) is 57.7 Å². The third kappa shape index (κ3) is 6.14. The minimum atomic E-state index is -0.549. The molecule has 1 unspecified atom stereocenters. The third-order valence-electron chi connectivity index (χ3n) is 6.78. The number of piperazine rings is 1. The van der Waals surface area contributed by atoms with Gasteiger partial charge in [-0.1, -0.05) is 30.7 Å². The highest BCUT2D eigenvalue weighted by molar-refractivity contribution is 6.30. The lowest BCUT2D eigenvalue weighted by molar-refractivity contribution is -0.134. The number of amides is 2. The van der Waals surface area contributed by atoms with E-state index < -0.39 is 12.1 Å². The number of aliphatic hydroxyl groups is 1. The molecule has 1 aromatic carbocycles. The highest BCUT2D eigenvalue weighted by Gasteiger charge is 2.34. The van der Waals surface area contributed by atoms with Crippen LogP contribution in [-0.4, -0.2) is 76.6 Å². The van der Waals surface area contributed by atoms with Gasteiger partial charge in [0.05, 0.1) is 24.4 Å². The number of hydrogen-bond acceptors (Lipinski definition) is 7. The second-order valence-electron chi connectivity index (χ2n) is 9.95. The van der Waals surface area contributed by atoms with Gasteiger partial charge in [0.25, 0.3) is 0 Å². The van der Waals surface area contributed by atoms with Crippen molar-refractivity contribution in [3.63, 3.8) is 0 Å². The molecule has 0 spiro atoms. The van der Waals surface area contributed by atoms with Gasteiger partial charge in [-0.3, -0.25) is 14.9 Å². The summed E-state index contributed by atoms with van der Waals surface area (Å²) in [6, 6.07) is 6.92. The number of fused-ring (bicyclic) bond motifs is 1. The Morgan fingerprint density at radius 3 is 2.50 bits per heavy atom. The van der Waals surface area contributed by atoms with Gasteiger partial charge < -0.3 is 20.2 Å². The van der Waals surface area contributed by atoms with E-state index in [2.05, 4.69) is 32.4 Å². The van der Waals surface area contributed by atoms with E-state index >= 15 is 0 Å². The molecule has 194 valence electrons. The van der Waals surface area contributed by atoms with E-state index in [4.69, 9.17) is 11.6 Å². The standard InChI is InChI=1S/C26H35ClN6O3/c1-16(2)31-22(35)14-28-20(13-18-4-6-19(27)7-5-18)26(36)33-10-8-32(9-11-33)25-23-17(3)12-21(34)24(23)29-15-30-25/h4-7,15-17,20-21,28,34H,8-14H2,1-3H3,(H,31,35)/t17-,20?,21-/m1/s1. The fourth-order valence-electron chi connectivity index (χ4n) is 5.01. The van der Waals surface area contributed by atoms with Crippen LogP contribution in [0.5, 0.6) is 0 Å². The molecule has 3 atom stereocenters. The highest BCUT2D eigenvalue weighted by Crippen LogP contribution is 2.42. The zero-order valence-corrected chi connectivity index (χ0v) is 21.8. The maximum atomic E-state index is 13.6. The molecule has 2 aliphatic rings. The number of halogens is 1. The van der Waals surface area contributed by atoms with Crippen LogP contribution in [0.4, 0.5) is 5.82 Å². The second-order valence-corrected chi connectivity index (χ2v) is 10.4. The minimum absolute atomic E-state index is 0.0290. The van der Waals surface area contributed by atoms with E-state index in [0.717, 1.165) is 22.6 Å². The van der Waals surface area contributed by atoms with Gasteiger partial charge in [0.2, 0.25) is 11.8 Å². The van der Waals surface area contributed by atoms with Crippen molar-refractivity contribution in [1.82, 2.24) is 25.5 Å². The third-order valence-corrected chi connectivity index (χ3v) is 7.03. The Morgan fingerprint density at radius 2 is 1.83 bits per heavy atom. The lowest BCUT2D eigenvalue weighted by Gasteiger charge is -2.38. The molecule has 36 heavy (non-hydrogen) atoms. The summed E-state index contributed by atoms with van der Waals surface area (Å²) in [6.45, 7) is 8.33. The first kappa shape index (κ1) is 26.3. The number of anilines is 1. The summed E-state index contributed by atoms with van der Waals surface area (Å²) in [6.07, 6.45) is 2.08. The molecular weight excluding hydrogens is 480 g/mol. The second kappa shape index (κ2) is 11.5. The summed E-state index contributed by atoms with van der Waals surface area (Å²) in [5.74, 6) is 0.879. The van der Waals surface area contributed by atoms with Gasteiger partial charge in [-0.05, 0) is 50.3 Å². The summed E-state index contributed by atoms with van der Waals surface area (Å²) < 4.78 is 0.